The van der Waals surface area contributed by atoms with Crippen LogP contribution in [0.1, 0.15) is 27.2 Å². The standard InChI is InChI=1S/C28H37FO5/c1-7-13-25(14-8-2)28(21-32-27(5,6)33-22-28)34-23(4)26(16-10-11-19-30)31-20-17-24(9-3)15-12-18-29/h7-16,18,30H,1,3-4,17,19-22H2,2,5-6H3/b11-10+,14-8-,18-12+,24-15+,25-13+,26-16+. The molecule has 34 heavy (non-hydrogen) atoms. The van der Waals surface area contributed by atoms with Crippen LogP contribution in [0.4, 0.5) is 4.39 Å². The third-order valence-corrected chi connectivity index (χ3v) is 4.85. The summed E-state index contributed by atoms with van der Waals surface area (Å²) >= 11 is 0. The van der Waals surface area contributed by atoms with E-state index in [2.05, 4.69) is 19.7 Å². The molecule has 186 valence electrons. The first-order chi connectivity index (χ1) is 16.3. The molecule has 0 aromatic rings. The maximum Gasteiger partial charge on any atom is 0.181 e. The van der Waals surface area contributed by atoms with Crippen LogP contribution in [-0.4, -0.2) is 42.9 Å². The van der Waals surface area contributed by atoms with Crippen LogP contribution >= 0.6 is 0 Å². The van der Waals surface area contributed by atoms with Gasteiger partial charge < -0.3 is 24.1 Å². The molecule has 0 aromatic carbocycles. The van der Waals surface area contributed by atoms with Gasteiger partial charge in [0.1, 0.15) is 0 Å². The van der Waals surface area contributed by atoms with Crippen molar-refractivity contribution >= 4 is 0 Å². The second kappa shape index (κ2) is 15.1. The van der Waals surface area contributed by atoms with Gasteiger partial charge in [-0.3, -0.25) is 0 Å². The summed E-state index contributed by atoms with van der Waals surface area (Å²) in [5.74, 6) is -0.109. The van der Waals surface area contributed by atoms with Crippen LogP contribution in [0.3, 0.4) is 0 Å². The zero-order valence-electron chi connectivity index (χ0n) is 20.5. The van der Waals surface area contributed by atoms with Crippen molar-refractivity contribution in [3.05, 3.63) is 109 Å². The molecule has 6 heteroatoms. The Kier molecular flexibility index (Phi) is 12.9. The van der Waals surface area contributed by atoms with E-state index in [9.17, 15) is 4.39 Å². The lowest BCUT2D eigenvalue weighted by atomic mass is 9.92. The van der Waals surface area contributed by atoms with Gasteiger partial charge in [0.05, 0.1) is 32.8 Å². The van der Waals surface area contributed by atoms with E-state index in [0.29, 0.717) is 18.5 Å². The average molecular weight is 473 g/mol. The monoisotopic (exact) mass is 472 g/mol. The summed E-state index contributed by atoms with van der Waals surface area (Å²) in [7, 11) is 0. The SMILES string of the molecule is C=C/C=C(\C=C/C)C1(OC(=C)/C(=C\C=C\CO)OCC/C(C=C)=C/C=C/F)COC(C)(C)OC1. The van der Waals surface area contributed by atoms with E-state index in [0.717, 1.165) is 11.1 Å². The van der Waals surface area contributed by atoms with Gasteiger partial charge in [0.25, 0.3) is 0 Å². The maximum atomic E-state index is 12.3. The highest BCUT2D eigenvalue weighted by Crippen LogP contribution is 2.35. The second-order valence-electron chi connectivity index (χ2n) is 7.86. The van der Waals surface area contributed by atoms with E-state index in [1.165, 1.54) is 6.08 Å². The van der Waals surface area contributed by atoms with Crippen molar-refractivity contribution in [1.29, 1.82) is 0 Å². The molecule has 1 N–H and O–H groups in total. The van der Waals surface area contributed by atoms with Crippen LogP contribution in [-0.2, 0) is 18.9 Å². The van der Waals surface area contributed by atoms with Crippen molar-refractivity contribution < 1.29 is 28.4 Å². The molecule has 0 bridgehead atoms. The molecule has 1 aliphatic heterocycles. The summed E-state index contributed by atoms with van der Waals surface area (Å²) in [6, 6.07) is 0. The minimum atomic E-state index is -0.978. The number of hydrogen-bond acceptors (Lipinski definition) is 5. The number of hydrogen-bond donors (Lipinski definition) is 1. The Labute approximate surface area is 203 Å². The Morgan fingerprint density at radius 3 is 2.38 bits per heavy atom. The third-order valence-electron chi connectivity index (χ3n) is 4.85. The summed E-state index contributed by atoms with van der Waals surface area (Å²) in [4.78, 5) is 0. The van der Waals surface area contributed by atoms with Gasteiger partial charge in [-0.1, -0.05) is 68.3 Å². The van der Waals surface area contributed by atoms with Crippen LogP contribution < -0.4 is 0 Å². The zero-order chi connectivity index (χ0) is 25.5. The molecule has 1 heterocycles. The third kappa shape index (κ3) is 9.51. The second-order valence-corrected chi connectivity index (χ2v) is 7.86. The van der Waals surface area contributed by atoms with Crippen LogP contribution in [0.15, 0.2) is 109 Å². The Bertz CT molecular complexity index is 861. The average Bonchev–Trinajstić information content (AvgIpc) is 2.81. The van der Waals surface area contributed by atoms with Gasteiger partial charge in [0, 0.05) is 6.42 Å². The van der Waals surface area contributed by atoms with Crippen LogP contribution in [0.2, 0.25) is 0 Å². The number of ether oxygens (including phenoxy) is 4. The predicted molar refractivity (Wildman–Crippen MR) is 135 cm³/mol. The Morgan fingerprint density at radius 1 is 1.12 bits per heavy atom. The normalized spacial score (nSPS) is 19.0. The molecule has 0 aliphatic carbocycles. The molecule has 0 spiro atoms. The van der Waals surface area contributed by atoms with E-state index < -0.39 is 11.4 Å². The minimum Gasteiger partial charge on any atom is -0.489 e. The number of aliphatic hydroxyl groups excluding tert-OH is 1. The smallest absolute Gasteiger partial charge is 0.181 e. The fraction of sp³-hybridized carbons (Fsp3) is 0.357. The minimum absolute atomic E-state index is 0.121. The van der Waals surface area contributed by atoms with Crippen molar-refractivity contribution in [2.75, 3.05) is 26.4 Å². The molecule has 1 aliphatic rings. The van der Waals surface area contributed by atoms with Crippen molar-refractivity contribution in [1.82, 2.24) is 0 Å². The van der Waals surface area contributed by atoms with Gasteiger partial charge in [-0.25, -0.2) is 4.39 Å². The molecule has 1 saturated heterocycles. The van der Waals surface area contributed by atoms with Gasteiger partial charge in [-0.05, 0) is 44.1 Å². The summed E-state index contributed by atoms with van der Waals surface area (Å²) in [6.45, 7) is 17.8. The van der Waals surface area contributed by atoms with Crippen LogP contribution in [0, 0.1) is 0 Å². The summed E-state index contributed by atoms with van der Waals surface area (Å²) in [5.41, 5.74) is 0.638. The summed E-state index contributed by atoms with van der Waals surface area (Å²) < 4.78 is 36.5. The number of rotatable bonds is 14. The van der Waals surface area contributed by atoms with Crippen molar-refractivity contribution in [2.45, 2.75) is 38.6 Å². The van der Waals surface area contributed by atoms with Crippen molar-refractivity contribution in [2.24, 2.45) is 0 Å². The molecule has 0 amide bonds. The summed E-state index contributed by atoms with van der Waals surface area (Å²) in [5, 5.41) is 9.10. The lowest BCUT2D eigenvalue weighted by Gasteiger charge is -2.44. The van der Waals surface area contributed by atoms with Crippen molar-refractivity contribution in [3.8, 4) is 0 Å². The number of halogens is 1. The first-order valence-corrected chi connectivity index (χ1v) is 11.1. The molecular weight excluding hydrogens is 435 g/mol. The lowest BCUT2D eigenvalue weighted by Crippen LogP contribution is -2.53. The molecular formula is C28H37FO5. The van der Waals surface area contributed by atoms with E-state index >= 15 is 0 Å². The highest BCUT2D eigenvalue weighted by atomic mass is 19.1. The Hall–Kier alpha value is -2.93. The topological polar surface area (TPSA) is 57.2 Å². The first kappa shape index (κ1) is 29.1. The molecule has 5 nitrogen and oxygen atoms in total. The van der Waals surface area contributed by atoms with Gasteiger partial charge in [-0.15, -0.1) is 0 Å². The van der Waals surface area contributed by atoms with Crippen LogP contribution in [0.25, 0.3) is 0 Å². The van der Waals surface area contributed by atoms with E-state index in [1.807, 2.05) is 39.0 Å². The summed E-state index contributed by atoms with van der Waals surface area (Å²) in [6.07, 6.45) is 17.7. The van der Waals surface area contributed by atoms with Gasteiger partial charge in [-0.2, -0.15) is 0 Å². The Morgan fingerprint density at radius 2 is 1.82 bits per heavy atom. The molecule has 1 fully saturated rings. The molecule has 1 rings (SSSR count). The molecule has 0 unspecified atom stereocenters. The molecule has 0 atom stereocenters. The van der Waals surface area contributed by atoms with E-state index in [4.69, 9.17) is 24.1 Å². The largest absolute Gasteiger partial charge is 0.489 e. The maximum absolute atomic E-state index is 12.3. The molecule has 0 radical (unpaired) electrons. The Balaban J connectivity index is 3.18. The van der Waals surface area contributed by atoms with Gasteiger partial charge in [0.15, 0.2) is 22.9 Å². The molecule has 0 saturated carbocycles. The fourth-order valence-corrected chi connectivity index (χ4v) is 3.03. The highest BCUT2D eigenvalue weighted by Gasteiger charge is 2.44. The predicted octanol–water partition coefficient (Wildman–Crippen LogP) is 6.16. The quantitative estimate of drug-likeness (QED) is 0.242. The molecule has 0 aromatic heterocycles. The zero-order valence-corrected chi connectivity index (χ0v) is 20.5. The number of aliphatic hydroxyl groups is 1. The first-order valence-electron chi connectivity index (χ1n) is 11.1. The highest BCUT2D eigenvalue weighted by molar-refractivity contribution is 5.35. The van der Waals surface area contributed by atoms with Crippen LogP contribution in [0.5, 0.6) is 0 Å². The van der Waals surface area contributed by atoms with Gasteiger partial charge >= 0.3 is 0 Å². The van der Waals surface area contributed by atoms with E-state index in [1.54, 1.807) is 36.5 Å². The fourth-order valence-electron chi connectivity index (χ4n) is 3.03. The number of allylic oxidation sites excluding steroid dienone is 8. The van der Waals surface area contributed by atoms with Gasteiger partial charge in [0.2, 0.25) is 0 Å². The van der Waals surface area contributed by atoms with E-state index in [-0.39, 0.29) is 32.2 Å². The lowest BCUT2D eigenvalue weighted by molar-refractivity contribution is -0.294. The van der Waals surface area contributed by atoms with Crippen molar-refractivity contribution in [3.63, 3.8) is 0 Å².